The third-order valence-electron chi connectivity index (χ3n) is 0.200. The average Bonchev–Trinajstić information content (AvgIpc) is 2.01. The number of rotatable bonds is 3. The first-order chi connectivity index (χ1) is 6.94. The first-order valence-corrected chi connectivity index (χ1v) is 5.96. The van der Waals surface area contributed by atoms with Gasteiger partial charge in [0, 0.05) is 0 Å². The first-order valence-electron chi connectivity index (χ1n) is 2.23. The molecular weight excluding hydrogens is 350 g/mol. The summed E-state index contributed by atoms with van der Waals surface area (Å²) >= 11 is -3.11. The molecule has 18 heteroatoms. The zero-order chi connectivity index (χ0) is 14.0. The summed E-state index contributed by atoms with van der Waals surface area (Å²) in [4.78, 5) is 0. The van der Waals surface area contributed by atoms with Crippen molar-refractivity contribution in [3.8, 4) is 0 Å². The van der Waals surface area contributed by atoms with Crippen LogP contribution in [-0.2, 0) is 40.8 Å². The molecule has 0 spiro atoms. The van der Waals surface area contributed by atoms with Crippen LogP contribution in [0.2, 0.25) is 0 Å². The second-order valence-electron chi connectivity index (χ2n) is 1.20. The molecule has 18 heavy (non-hydrogen) atoms. The minimum Gasteiger partial charge on any atom is -0.784 e. The smallest absolute Gasteiger partial charge is 0.784 e. The van der Waals surface area contributed by atoms with Gasteiger partial charge in [-0.25, -0.2) is 0 Å². The fourth-order valence-corrected chi connectivity index (χ4v) is 0.632. The molecule has 0 aliphatic carbocycles. The topological polar surface area (TPSA) is 231 Å². The Balaban J connectivity index is -0.0000000607. The van der Waals surface area contributed by atoms with Crippen molar-refractivity contribution in [1.82, 2.24) is 0 Å². The molecule has 0 aliphatic heterocycles. The van der Waals surface area contributed by atoms with Gasteiger partial charge in [0.1, 0.15) is 0 Å². The first kappa shape index (κ1) is 31.9. The molecule has 13 nitrogen and oxygen atoms in total. The predicted octanol–water partition coefficient (Wildman–Crippen LogP) is -8.44. The van der Waals surface area contributed by atoms with E-state index in [0.717, 1.165) is 0 Å². The summed E-state index contributed by atoms with van der Waals surface area (Å²) in [6.07, 6.45) is 0. The van der Waals surface area contributed by atoms with Gasteiger partial charge in [0.05, 0.1) is 0 Å². The van der Waals surface area contributed by atoms with E-state index in [-0.39, 0.29) is 59.1 Å². The zero-order valence-corrected chi connectivity index (χ0v) is 15.1. The Hall–Kier alpha value is 1.73. The van der Waals surface area contributed by atoms with E-state index < -0.39 is 32.2 Å². The molecular formula is H4Na2O13S3. The van der Waals surface area contributed by atoms with Crippen molar-refractivity contribution in [2.24, 2.45) is 0 Å². The van der Waals surface area contributed by atoms with Crippen molar-refractivity contribution in [3.05, 3.63) is 0 Å². The second kappa shape index (κ2) is 16.8. The molecule has 0 aromatic heterocycles. The molecule has 0 atom stereocenters. The molecule has 0 amide bonds. The second-order valence-corrected chi connectivity index (χ2v) is 3.59. The van der Waals surface area contributed by atoms with E-state index in [1.165, 1.54) is 0 Å². The minimum absolute atomic E-state index is 0. The van der Waals surface area contributed by atoms with E-state index in [4.69, 9.17) is 32.9 Å². The van der Waals surface area contributed by atoms with Gasteiger partial charge in [0.2, 0.25) is 0 Å². The van der Waals surface area contributed by atoms with Gasteiger partial charge in [-0.15, -0.1) is 11.4 Å². The number of hydrogen-bond acceptors (Lipinski definition) is 11. The Morgan fingerprint density at radius 2 is 0.944 bits per heavy atom. The fourth-order valence-electron chi connectivity index (χ4n) is 0.0702. The Kier molecular flexibility index (Phi) is 29.7. The van der Waals surface area contributed by atoms with Gasteiger partial charge in [-0.2, -0.15) is 16.8 Å². The van der Waals surface area contributed by atoms with Gasteiger partial charge < -0.3 is 9.11 Å². The molecule has 4 N–H and O–H groups in total. The molecule has 0 unspecified atom stereocenters. The maximum absolute atomic E-state index is 9.51. The van der Waals surface area contributed by atoms with Gasteiger partial charge in [0.15, 0.2) is 0 Å². The summed E-state index contributed by atoms with van der Waals surface area (Å²) in [5, 5.41) is 12.0. The van der Waals surface area contributed by atoms with Crippen LogP contribution in [0, 0.1) is 0 Å². The quantitative estimate of drug-likeness (QED) is 0.121. The fraction of sp³-hybridized carbons (Fsp3) is 0. The van der Waals surface area contributed by atoms with Crippen LogP contribution in [0.15, 0.2) is 0 Å². The van der Waals surface area contributed by atoms with Crippen LogP contribution in [0.5, 0.6) is 0 Å². The molecule has 102 valence electrons. The van der Waals surface area contributed by atoms with Crippen LogP contribution in [0.4, 0.5) is 0 Å². The van der Waals surface area contributed by atoms with Crippen molar-refractivity contribution in [2.45, 2.75) is 0 Å². The van der Waals surface area contributed by atoms with Crippen LogP contribution < -0.4 is 59.1 Å². The van der Waals surface area contributed by atoms with E-state index >= 15 is 0 Å². The Labute approximate surface area is 148 Å². The molecule has 0 aliphatic rings. The van der Waals surface area contributed by atoms with E-state index in [9.17, 15) is 16.8 Å². The van der Waals surface area contributed by atoms with Gasteiger partial charge in [-0.05, 0) is 0 Å². The van der Waals surface area contributed by atoms with Crippen LogP contribution in [0.25, 0.3) is 0 Å². The molecule has 0 saturated heterocycles. The minimum atomic E-state index is -5.02. The van der Waals surface area contributed by atoms with Crippen LogP contribution in [0.3, 0.4) is 0 Å². The SMILES string of the molecule is O=S(=O)(O)OOS(=O)(=O)O.O=S([O-])[O-].OO.[Na+].[Na+]. The van der Waals surface area contributed by atoms with Crippen molar-refractivity contribution in [1.29, 1.82) is 0 Å². The van der Waals surface area contributed by atoms with Crippen molar-refractivity contribution >= 4 is 32.2 Å². The number of hydrogen-bond donors (Lipinski definition) is 4. The summed E-state index contributed by atoms with van der Waals surface area (Å²) in [7, 11) is -10.0. The van der Waals surface area contributed by atoms with E-state index in [2.05, 4.69) is 8.67 Å². The molecule has 0 heterocycles. The molecule has 0 fully saturated rings. The Bertz CT molecular complexity index is 327. The van der Waals surface area contributed by atoms with Crippen LogP contribution in [-0.4, -0.2) is 49.8 Å². The van der Waals surface area contributed by atoms with Crippen LogP contribution in [0.1, 0.15) is 0 Å². The monoisotopic (exact) mass is 354 g/mol. The third kappa shape index (κ3) is 65.1. The van der Waals surface area contributed by atoms with Crippen LogP contribution >= 0.6 is 0 Å². The zero-order valence-electron chi connectivity index (χ0n) is 8.69. The molecule has 0 aromatic carbocycles. The molecule has 0 saturated carbocycles. The van der Waals surface area contributed by atoms with E-state index in [1.54, 1.807) is 0 Å². The molecule has 0 rings (SSSR count). The third-order valence-corrected chi connectivity index (χ3v) is 0.766. The van der Waals surface area contributed by atoms with Gasteiger partial charge >= 0.3 is 79.9 Å². The van der Waals surface area contributed by atoms with Crippen molar-refractivity contribution in [2.75, 3.05) is 0 Å². The van der Waals surface area contributed by atoms with Gasteiger partial charge in [0.25, 0.3) is 0 Å². The summed E-state index contributed by atoms with van der Waals surface area (Å²) in [6.45, 7) is 0. The summed E-state index contributed by atoms with van der Waals surface area (Å²) in [5.41, 5.74) is 0. The van der Waals surface area contributed by atoms with E-state index in [1.807, 2.05) is 0 Å². The maximum atomic E-state index is 9.51. The molecule has 0 aromatic rings. The van der Waals surface area contributed by atoms with Gasteiger partial charge in [-0.1, -0.05) is 8.67 Å². The van der Waals surface area contributed by atoms with Gasteiger partial charge in [-0.3, -0.25) is 23.8 Å². The Morgan fingerprint density at radius 3 is 1.00 bits per heavy atom. The molecule has 0 radical (unpaired) electrons. The summed E-state index contributed by atoms with van der Waals surface area (Å²) < 4.78 is 84.2. The predicted molar refractivity (Wildman–Crippen MR) is 40.2 cm³/mol. The average molecular weight is 354 g/mol. The largest absolute Gasteiger partial charge is 1.00 e. The van der Waals surface area contributed by atoms with Crippen molar-refractivity contribution < 1.29 is 118 Å². The summed E-state index contributed by atoms with van der Waals surface area (Å²) in [6, 6.07) is 0. The Morgan fingerprint density at radius 1 is 0.833 bits per heavy atom. The summed E-state index contributed by atoms with van der Waals surface area (Å²) in [5.74, 6) is 0. The molecule has 0 bridgehead atoms. The normalized spacial score (nSPS) is 9.72. The maximum Gasteiger partial charge on any atom is 1.00 e. The van der Waals surface area contributed by atoms with Crippen molar-refractivity contribution in [3.63, 3.8) is 0 Å². The van der Waals surface area contributed by atoms with E-state index in [0.29, 0.717) is 0 Å². The standard InChI is InChI=1S/2Na.H2O8S2.H2O3S.H2O2/c;;1-9(2,3)7-8-10(4,5)6;1-4(2)3;1-2/h;;(H,1,2,3)(H,4,5,6);(H2,1,2,3);1-2H/q2*+1;;;/p-2.